The second-order valence-corrected chi connectivity index (χ2v) is 6.94. The van der Waals surface area contributed by atoms with Crippen molar-refractivity contribution in [3.05, 3.63) is 49.6 Å². The van der Waals surface area contributed by atoms with Crippen LogP contribution in [0.2, 0.25) is 0 Å². The maximum Gasteiger partial charge on any atom is 0.336 e. The number of aromatic nitrogens is 2. The Morgan fingerprint density at radius 3 is 2.92 bits per heavy atom. The van der Waals surface area contributed by atoms with Gasteiger partial charge >= 0.3 is 5.97 Å². The van der Waals surface area contributed by atoms with Crippen LogP contribution in [0, 0.1) is 0 Å². The molecule has 24 heavy (non-hydrogen) atoms. The van der Waals surface area contributed by atoms with E-state index in [0.717, 1.165) is 4.88 Å². The molecule has 126 valence electrons. The highest BCUT2D eigenvalue weighted by Gasteiger charge is 2.36. The lowest BCUT2D eigenvalue weighted by Gasteiger charge is -2.27. The van der Waals surface area contributed by atoms with Crippen LogP contribution in [0.3, 0.4) is 0 Å². The van der Waals surface area contributed by atoms with Crippen molar-refractivity contribution in [3.63, 3.8) is 0 Å². The highest BCUT2D eigenvalue weighted by Crippen LogP contribution is 2.41. The van der Waals surface area contributed by atoms with Crippen LogP contribution in [0.25, 0.3) is 0 Å². The van der Waals surface area contributed by atoms with Crippen molar-refractivity contribution in [1.29, 1.82) is 0 Å². The van der Waals surface area contributed by atoms with E-state index < -0.39 is 11.9 Å². The number of esters is 1. The van der Waals surface area contributed by atoms with Gasteiger partial charge in [-0.1, -0.05) is 17.8 Å². The summed E-state index contributed by atoms with van der Waals surface area (Å²) in [6.45, 7) is 3.84. The van der Waals surface area contributed by atoms with Crippen LogP contribution in [0.1, 0.15) is 30.2 Å². The first kappa shape index (κ1) is 16.8. The van der Waals surface area contributed by atoms with Crippen LogP contribution >= 0.6 is 23.1 Å². The summed E-state index contributed by atoms with van der Waals surface area (Å²) in [5.74, 6) is -0.403. The number of thiophene rings is 1. The summed E-state index contributed by atoms with van der Waals surface area (Å²) in [5, 5.41) is 5.55. The van der Waals surface area contributed by atoms with Gasteiger partial charge < -0.3 is 15.0 Å². The van der Waals surface area contributed by atoms with Gasteiger partial charge in [0, 0.05) is 10.6 Å². The van der Waals surface area contributed by atoms with Crippen molar-refractivity contribution in [3.8, 4) is 0 Å². The van der Waals surface area contributed by atoms with Crippen LogP contribution in [-0.4, -0.2) is 28.8 Å². The molecule has 0 bridgehead atoms. The monoisotopic (exact) mass is 363 g/mol. The van der Waals surface area contributed by atoms with E-state index >= 15 is 0 Å². The molecule has 2 aromatic rings. The van der Waals surface area contributed by atoms with E-state index in [0.29, 0.717) is 27.8 Å². The van der Waals surface area contributed by atoms with Crippen LogP contribution in [0.15, 0.2) is 38.7 Å². The van der Waals surface area contributed by atoms with Crippen molar-refractivity contribution in [1.82, 2.24) is 9.97 Å². The minimum atomic E-state index is -0.479. The van der Waals surface area contributed by atoms with Crippen molar-refractivity contribution < 1.29 is 9.53 Å². The number of anilines is 1. The number of carbonyl (C=O) groups excluding carboxylic acids is 1. The van der Waals surface area contributed by atoms with E-state index in [1.54, 1.807) is 13.8 Å². The van der Waals surface area contributed by atoms with Gasteiger partial charge in [0.2, 0.25) is 0 Å². The third-order valence-electron chi connectivity index (χ3n) is 3.74. The van der Waals surface area contributed by atoms with Gasteiger partial charge in [-0.3, -0.25) is 4.79 Å². The zero-order chi connectivity index (χ0) is 17.3. The molecule has 0 amide bonds. The Balaban J connectivity index is 2.23. The molecule has 0 aliphatic carbocycles. The van der Waals surface area contributed by atoms with E-state index in [1.807, 2.05) is 23.8 Å². The van der Waals surface area contributed by atoms with Gasteiger partial charge in [0.15, 0.2) is 5.16 Å². The summed E-state index contributed by atoms with van der Waals surface area (Å²) in [6.07, 6.45) is 1.84. The number of thioether (sulfide) groups is 1. The number of aromatic amines is 1. The smallest absolute Gasteiger partial charge is 0.336 e. The molecule has 8 heteroatoms. The van der Waals surface area contributed by atoms with E-state index in [1.165, 1.54) is 23.1 Å². The number of rotatable bonds is 4. The van der Waals surface area contributed by atoms with Gasteiger partial charge in [0.05, 0.1) is 23.7 Å². The third kappa shape index (κ3) is 2.87. The number of hydrogen-bond acceptors (Lipinski definition) is 7. The Hall–Kier alpha value is -2.06. The molecule has 0 unspecified atom stereocenters. The summed E-state index contributed by atoms with van der Waals surface area (Å²) in [6, 6.07) is 3.82. The highest BCUT2D eigenvalue weighted by molar-refractivity contribution is 7.98. The predicted octanol–water partition coefficient (Wildman–Crippen LogP) is 2.95. The third-order valence-corrected chi connectivity index (χ3v) is 5.25. The Morgan fingerprint density at radius 1 is 1.50 bits per heavy atom. The molecule has 0 spiro atoms. The molecule has 1 aliphatic rings. The number of nitrogens with zero attached hydrogens (tertiary/aromatic N) is 1. The molecular weight excluding hydrogens is 346 g/mol. The van der Waals surface area contributed by atoms with Crippen LogP contribution < -0.4 is 10.9 Å². The normalized spacial score (nSPS) is 16.5. The predicted molar refractivity (Wildman–Crippen MR) is 95.8 cm³/mol. The Kier molecular flexibility index (Phi) is 4.77. The van der Waals surface area contributed by atoms with Gasteiger partial charge in [-0.25, -0.2) is 9.78 Å². The SMILES string of the molecule is CCOC(=O)C1=C(C)Nc2nc(SC)[nH]c(=O)c2[C@H]1c1cccs1. The van der Waals surface area contributed by atoms with E-state index in [2.05, 4.69) is 15.3 Å². The average molecular weight is 363 g/mol. The number of ether oxygens (including phenoxy) is 1. The number of hydrogen-bond donors (Lipinski definition) is 2. The molecule has 0 aromatic carbocycles. The quantitative estimate of drug-likeness (QED) is 0.494. The first-order valence-electron chi connectivity index (χ1n) is 7.43. The summed E-state index contributed by atoms with van der Waals surface area (Å²) in [4.78, 5) is 33.3. The van der Waals surface area contributed by atoms with Crippen molar-refractivity contribution >= 4 is 34.9 Å². The molecule has 2 aromatic heterocycles. The summed E-state index contributed by atoms with van der Waals surface area (Å²) < 4.78 is 5.21. The highest BCUT2D eigenvalue weighted by atomic mass is 32.2. The summed E-state index contributed by atoms with van der Waals surface area (Å²) in [5.41, 5.74) is 1.31. The fraction of sp³-hybridized carbons (Fsp3) is 0.312. The zero-order valence-corrected chi connectivity index (χ0v) is 15.1. The van der Waals surface area contributed by atoms with Crippen LogP contribution in [0.4, 0.5) is 5.82 Å². The van der Waals surface area contributed by atoms with E-state index in [4.69, 9.17) is 4.74 Å². The fourth-order valence-electron chi connectivity index (χ4n) is 2.75. The molecule has 0 radical (unpaired) electrons. The van der Waals surface area contributed by atoms with Gasteiger partial charge in [-0.05, 0) is 31.5 Å². The second-order valence-electron chi connectivity index (χ2n) is 5.17. The van der Waals surface area contributed by atoms with Crippen LogP contribution in [-0.2, 0) is 9.53 Å². The first-order chi connectivity index (χ1) is 11.6. The lowest BCUT2D eigenvalue weighted by molar-refractivity contribution is -0.138. The maximum atomic E-state index is 12.7. The van der Waals surface area contributed by atoms with Gasteiger partial charge in [-0.15, -0.1) is 11.3 Å². The molecule has 0 fully saturated rings. The molecular formula is C16H17N3O3S2. The number of H-pyrrole nitrogens is 1. The van der Waals surface area contributed by atoms with Crippen molar-refractivity contribution in [2.24, 2.45) is 0 Å². The lowest BCUT2D eigenvalue weighted by Crippen LogP contribution is -2.30. The van der Waals surface area contributed by atoms with E-state index in [9.17, 15) is 9.59 Å². The van der Waals surface area contributed by atoms with E-state index in [-0.39, 0.29) is 12.2 Å². The second kappa shape index (κ2) is 6.82. The molecule has 2 N–H and O–H groups in total. The Bertz CT molecular complexity index is 856. The lowest BCUT2D eigenvalue weighted by atomic mass is 9.86. The van der Waals surface area contributed by atoms with Crippen molar-refractivity contribution in [2.45, 2.75) is 24.9 Å². The molecule has 6 nitrogen and oxygen atoms in total. The molecule has 1 atom stereocenters. The summed E-state index contributed by atoms with van der Waals surface area (Å²) in [7, 11) is 0. The average Bonchev–Trinajstić information content (AvgIpc) is 3.07. The van der Waals surface area contributed by atoms with Gasteiger partial charge in [0.25, 0.3) is 5.56 Å². The van der Waals surface area contributed by atoms with Gasteiger partial charge in [0.1, 0.15) is 5.82 Å². The molecule has 3 rings (SSSR count). The largest absolute Gasteiger partial charge is 0.463 e. The van der Waals surface area contributed by atoms with Crippen LogP contribution in [0.5, 0.6) is 0 Å². The Morgan fingerprint density at radius 2 is 2.29 bits per heavy atom. The van der Waals surface area contributed by atoms with Gasteiger partial charge in [-0.2, -0.15) is 0 Å². The fourth-order valence-corrected chi connectivity index (χ4v) is 3.97. The number of fused-ring (bicyclic) bond motifs is 1. The molecule has 0 saturated heterocycles. The molecule has 0 saturated carbocycles. The maximum absolute atomic E-state index is 12.7. The number of nitrogens with one attached hydrogen (secondary N) is 2. The number of carbonyl (C=O) groups is 1. The molecule has 1 aliphatic heterocycles. The standard InChI is InChI=1S/C16H17N3O3S2/c1-4-22-15(21)10-8(2)17-13-12(11(10)9-6-5-7-24-9)14(20)19-16(18-13)23-3/h5-7,11H,4H2,1-3H3,(H2,17,18,19,20)/t11-/m0/s1. The molecule has 3 heterocycles. The number of allylic oxidation sites excluding steroid dienone is 1. The minimum absolute atomic E-state index is 0.246. The van der Waals surface area contributed by atoms with Crippen molar-refractivity contribution in [2.75, 3.05) is 18.2 Å². The Labute approximate surface area is 147 Å². The topological polar surface area (TPSA) is 84.1 Å². The first-order valence-corrected chi connectivity index (χ1v) is 9.53. The minimum Gasteiger partial charge on any atom is -0.463 e. The summed E-state index contributed by atoms with van der Waals surface area (Å²) >= 11 is 2.86. The zero-order valence-electron chi connectivity index (χ0n) is 13.5.